The van der Waals surface area contributed by atoms with Crippen LogP contribution in [0.2, 0.25) is 0 Å². The molecule has 5 aromatic rings. The Labute approximate surface area is 203 Å². The van der Waals surface area contributed by atoms with E-state index in [2.05, 4.69) is 32.9 Å². The number of fused-ring (bicyclic) bond motifs is 2. The molecule has 2 aromatic carbocycles. The predicted molar refractivity (Wildman–Crippen MR) is 134 cm³/mol. The Morgan fingerprint density at radius 1 is 1.12 bits per heavy atom. The molecule has 0 saturated heterocycles. The summed E-state index contributed by atoms with van der Waals surface area (Å²) in [5, 5.41) is 11.5. The number of imidazole rings is 1. The Kier molecular flexibility index (Phi) is 5.31. The fourth-order valence-electron chi connectivity index (χ4n) is 3.74. The summed E-state index contributed by atoms with van der Waals surface area (Å²) in [6.07, 6.45) is 1.82. The third-order valence-electron chi connectivity index (χ3n) is 5.40. The van der Waals surface area contributed by atoms with Crippen molar-refractivity contribution < 1.29 is 18.6 Å². The Morgan fingerprint density at radius 3 is 2.79 bits per heavy atom. The number of nitrogens with one attached hydrogen (secondary N) is 1. The van der Waals surface area contributed by atoms with E-state index in [1.165, 1.54) is 11.3 Å². The maximum atomic E-state index is 6.24. The molecule has 34 heavy (non-hydrogen) atoms. The molecule has 6 rings (SSSR count). The van der Waals surface area contributed by atoms with Crippen LogP contribution in [0.1, 0.15) is 5.56 Å². The summed E-state index contributed by atoms with van der Waals surface area (Å²) in [6, 6.07) is 15.9. The van der Waals surface area contributed by atoms with Crippen LogP contribution in [-0.4, -0.2) is 40.8 Å². The molecule has 1 N–H and O–H groups in total. The van der Waals surface area contributed by atoms with Gasteiger partial charge in [0.05, 0.1) is 25.8 Å². The third-order valence-corrected chi connectivity index (χ3v) is 7.24. The van der Waals surface area contributed by atoms with Gasteiger partial charge in [0.1, 0.15) is 34.8 Å². The average molecular weight is 493 g/mol. The third kappa shape index (κ3) is 3.84. The Bertz CT molecular complexity index is 1470. The highest BCUT2D eigenvalue weighted by molar-refractivity contribution is 8.03. The summed E-state index contributed by atoms with van der Waals surface area (Å²) in [7, 11) is 3.22. The Balaban J connectivity index is 1.24. The van der Waals surface area contributed by atoms with E-state index < -0.39 is 0 Å². The highest BCUT2D eigenvalue weighted by Crippen LogP contribution is 2.38. The monoisotopic (exact) mass is 492 g/mol. The van der Waals surface area contributed by atoms with Crippen molar-refractivity contribution in [3.05, 3.63) is 65.7 Å². The first-order valence-electron chi connectivity index (χ1n) is 10.5. The molecule has 0 spiro atoms. The van der Waals surface area contributed by atoms with Gasteiger partial charge in [-0.05, 0) is 28.4 Å². The molecule has 1 aliphatic rings. The molecule has 10 heteroatoms. The second-order valence-electron chi connectivity index (χ2n) is 7.55. The summed E-state index contributed by atoms with van der Waals surface area (Å²) in [5.74, 6) is 1.99. The second kappa shape index (κ2) is 8.62. The lowest BCUT2D eigenvalue weighted by Crippen LogP contribution is -2.26. The summed E-state index contributed by atoms with van der Waals surface area (Å²) < 4.78 is 24.7. The van der Waals surface area contributed by atoms with E-state index in [4.69, 9.17) is 18.6 Å². The number of nitrogens with zero attached hydrogens (tertiary/aromatic N) is 3. The molecule has 8 nitrogen and oxygen atoms in total. The van der Waals surface area contributed by atoms with Gasteiger partial charge in [0.15, 0.2) is 5.76 Å². The maximum Gasteiger partial charge on any atom is 0.294 e. The summed E-state index contributed by atoms with van der Waals surface area (Å²) in [6.45, 7) is 0.476. The molecule has 1 aliphatic heterocycles. The zero-order valence-electron chi connectivity index (χ0n) is 18.3. The van der Waals surface area contributed by atoms with Gasteiger partial charge in [-0.2, -0.15) is 0 Å². The number of hydrogen-bond donors (Lipinski definition) is 1. The lowest BCUT2D eigenvalue weighted by atomic mass is 10.2. The topological polar surface area (TPSA) is 83.1 Å². The molecule has 0 fully saturated rings. The van der Waals surface area contributed by atoms with Crippen LogP contribution in [0.5, 0.6) is 16.7 Å². The van der Waals surface area contributed by atoms with Gasteiger partial charge in [0.25, 0.3) is 5.19 Å². The summed E-state index contributed by atoms with van der Waals surface area (Å²) in [5.41, 5.74) is 3.62. The first-order chi connectivity index (χ1) is 16.7. The Hall–Kier alpha value is -3.63. The standard InChI is InChI=1S/C24H20N4O4S2/c1-29-15-8-19(31-12-22-25-18(13-33-22)14-6-4-3-5-7-14)16-10-21(32-20(16)9-15)17-11-28-23(26-17)34-24(27-28)30-2/h3-11,13,22,25H,12H2,1-2H3. The van der Waals surface area contributed by atoms with Crippen LogP contribution in [0.15, 0.2) is 64.6 Å². The number of ether oxygens (including phenoxy) is 3. The molecule has 0 bridgehead atoms. The van der Waals surface area contributed by atoms with Crippen molar-refractivity contribution in [3.8, 4) is 28.1 Å². The minimum atomic E-state index is 0.101. The highest BCUT2D eigenvalue weighted by atomic mass is 32.2. The number of hydrogen-bond acceptors (Lipinski definition) is 9. The van der Waals surface area contributed by atoms with Crippen LogP contribution >= 0.6 is 23.1 Å². The fourth-order valence-corrected chi connectivity index (χ4v) is 5.28. The number of furan rings is 1. The number of methoxy groups -OCH3 is 2. The van der Waals surface area contributed by atoms with Gasteiger partial charge in [-0.15, -0.1) is 16.9 Å². The first kappa shape index (κ1) is 20.9. The molecular weight excluding hydrogens is 472 g/mol. The molecule has 1 unspecified atom stereocenters. The number of thioether (sulfide) groups is 1. The van der Waals surface area contributed by atoms with E-state index in [0.29, 0.717) is 40.3 Å². The zero-order chi connectivity index (χ0) is 23.1. The van der Waals surface area contributed by atoms with Gasteiger partial charge >= 0.3 is 0 Å². The van der Waals surface area contributed by atoms with Crippen molar-refractivity contribution in [3.63, 3.8) is 0 Å². The first-order valence-corrected chi connectivity index (χ1v) is 12.3. The van der Waals surface area contributed by atoms with Gasteiger partial charge in [0.2, 0.25) is 4.96 Å². The maximum absolute atomic E-state index is 6.24. The lowest BCUT2D eigenvalue weighted by molar-refractivity contribution is 0.313. The molecule has 4 heterocycles. The van der Waals surface area contributed by atoms with Crippen molar-refractivity contribution in [2.45, 2.75) is 5.37 Å². The molecule has 172 valence electrons. The van der Waals surface area contributed by atoms with Crippen molar-refractivity contribution in [2.75, 3.05) is 20.8 Å². The minimum Gasteiger partial charge on any atom is -0.496 e. The van der Waals surface area contributed by atoms with Gasteiger partial charge in [0, 0.05) is 17.8 Å². The highest BCUT2D eigenvalue weighted by Gasteiger charge is 2.21. The van der Waals surface area contributed by atoms with E-state index in [9.17, 15) is 0 Å². The number of rotatable bonds is 7. The molecule has 0 aliphatic carbocycles. The molecular formula is C24H20N4O4S2. The molecule has 0 saturated carbocycles. The van der Waals surface area contributed by atoms with Gasteiger partial charge in [-0.1, -0.05) is 30.3 Å². The van der Waals surface area contributed by atoms with Crippen molar-refractivity contribution in [1.82, 2.24) is 19.9 Å². The second-order valence-corrected chi connectivity index (χ2v) is 9.55. The fraction of sp³-hybridized carbons (Fsp3) is 0.167. The number of aromatic nitrogens is 3. The van der Waals surface area contributed by atoms with E-state index in [1.807, 2.05) is 42.6 Å². The van der Waals surface area contributed by atoms with Crippen molar-refractivity contribution >= 4 is 44.7 Å². The molecule has 1 atom stereocenters. The van der Waals surface area contributed by atoms with Crippen molar-refractivity contribution in [1.29, 1.82) is 0 Å². The predicted octanol–water partition coefficient (Wildman–Crippen LogP) is 5.26. The molecule has 0 amide bonds. The number of benzene rings is 2. The molecule has 3 aromatic heterocycles. The van der Waals surface area contributed by atoms with Crippen LogP contribution in [0.25, 0.3) is 33.1 Å². The molecule has 0 radical (unpaired) electrons. The minimum absolute atomic E-state index is 0.101. The van der Waals surface area contributed by atoms with Gasteiger partial charge in [-0.25, -0.2) is 9.50 Å². The van der Waals surface area contributed by atoms with Gasteiger partial charge < -0.3 is 23.9 Å². The van der Waals surface area contributed by atoms with E-state index in [1.54, 1.807) is 30.5 Å². The Morgan fingerprint density at radius 2 is 2.00 bits per heavy atom. The largest absolute Gasteiger partial charge is 0.496 e. The van der Waals surface area contributed by atoms with E-state index >= 15 is 0 Å². The average Bonchev–Trinajstić information content (AvgIpc) is 3.65. The van der Waals surface area contributed by atoms with Crippen LogP contribution in [-0.2, 0) is 0 Å². The van der Waals surface area contributed by atoms with Crippen LogP contribution in [0, 0.1) is 0 Å². The van der Waals surface area contributed by atoms with Crippen molar-refractivity contribution in [2.24, 2.45) is 0 Å². The SMILES string of the molecule is COc1cc(OCC2NC(c3ccccc3)=CS2)c2cc(-c3cn4nc(OC)sc4n3)oc2c1. The van der Waals surface area contributed by atoms with Gasteiger partial charge in [-0.3, -0.25) is 0 Å². The van der Waals surface area contributed by atoms with Crippen LogP contribution in [0.4, 0.5) is 0 Å². The quantitative estimate of drug-likeness (QED) is 0.329. The smallest absolute Gasteiger partial charge is 0.294 e. The summed E-state index contributed by atoms with van der Waals surface area (Å²) >= 11 is 3.07. The van der Waals surface area contributed by atoms with Crippen LogP contribution in [0.3, 0.4) is 0 Å². The van der Waals surface area contributed by atoms with Crippen LogP contribution < -0.4 is 19.5 Å². The summed E-state index contributed by atoms with van der Waals surface area (Å²) in [4.78, 5) is 5.35. The van der Waals surface area contributed by atoms with E-state index in [0.717, 1.165) is 21.6 Å². The van der Waals surface area contributed by atoms with E-state index in [-0.39, 0.29) is 5.37 Å². The normalized spacial score (nSPS) is 15.5. The zero-order valence-corrected chi connectivity index (χ0v) is 20.0. The lowest BCUT2D eigenvalue weighted by Gasteiger charge is -2.15.